The summed E-state index contributed by atoms with van der Waals surface area (Å²) in [4.78, 5) is 25.5. The van der Waals surface area contributed by atoms with E-state index in [9.17, 15) is 9.59 Å². The van der Waals surface area contributed by atoms with Crippen molar-refractivity contribution in [2.75, 3.05) is 13.6 Å². The average molecular weight is 369 g/mol. The van der Waals surface area contributed by atoms with Gasteiger partial charge in [0.25, 0.3) is 0 Å². The van der Waals surface area contributed by atoms with Gasteiger partial charge in [0.2, 0.25) is 5.91 Å². The first-order valence-corrected chi connectivity index (χ1v) is 9.04. The van der Waals surface area contributed by atoms with Crippen LogP contribution in [0.25, 0.3) is 0 Å². The Morgan fingerprint density at radius 2 is 1.70 bits per heavy atom. The molecule has 2 N–H and O–H groups in total. The molecule has 3 amide bonds. The molecular formula is C21H27N3O3. The molecule has 0 fully saturated rings. The van der Waals surface area contributed by atoms with Crippen LogP contribution in [0.3, 0.4) is 0 Å². The second kappa shape index (κ2) is 10.2. The zero-order chi connectivity index (χ0) is 19.6. The number of nitrogens with zero attached hydrogens (tertiary/aromatic N) is 1. The number of amides is 3. The summed E-state index contributed by atoms with van der Waals surface area (Å²) in [6.07, 6.45) is 0. The van der Waals surface area contributed by atoms with Gasteiger partial charge in [0.05, 0.1) is 0 Å². The molecular weight excluding hydrogens is 342 g/mol. The van der Waals surface area contributed by atoms with Crippen LogP contribution in [0.5, 0.6) is 5.75 Å². The van der Waals surface area contributed by atoms with E-state index >= 15 is 0 Å². The predicted octanol–water partition coefficient (Wildman–Crippen LogP) is 2.93. The Bertz CT molecular complexity index is 732. The number of hydrogen-bond donors (Lipinski definition) is 2. The number of ether oxygens (including phenoxy) is 1. The lowest BCUT2D eigenvalue weighted by Gasteiger charge is -2.20. The number of carbonyl (C=O) groups excluding carboxylic acids is 2. The molecule has 6 nitrogen and oxygen atoms in total. The number of likely N-dealkylation sites (N-methyl/N-ethyl adjacent to an activating group) is 1. The van der Waals surface area contributed by atoms with Crippen LogP contribution < -0.4 is 15.4 Å². The fourth-order valence-corrected chi connectivity index (χ4v) is 2.42. The molecule has 0 aliphatic heterocycles. The van der Waals surface area contributed by atoms with Crippen LogP contribution in [0.4, 0.5) is 4.79 Å². The lowest BCUT2D eigenvalue weighted by Crippen LogP contribution is -2.48. The molecule has 6 heteroatoms. The number of urea groups is 1. The highest BCUT2D eigenvalue weighted by Crippen LogP contribution is 2.14. The normalized spacial score (nSPS) is 11.4. The van der Waals surface area contributed by atoms with Gasteiger partial charge in [0, 0.05) is 20.1 Å². The maximum absolute atomic E-state index is 12.0. The summed E-state index contributed by atoms with van der Waals surface area (Å²) in [5.74, 6) is 0.654. The van der Waals surface area contributed by atoms with Crippen LogP contribution in [-0.2, 0) is 17.9 Å². The van der Waals surface area contributed by atoms with Crippen LogP contribution >= 0.6 is 0 Å². The highest BCUT2D eigenvalue weighted by atomic mass is 16.5. The van der Waals surface area contributed by atoms with E-state index in [-0.39, 0.29) is 11.9 Å². The Labute approximate surface area is 160 Å². The number of nitrogens with one attached hydrogen (secondary N) is 2. The molecule has 0 aliphatic rings. The lowest BCUT2D eigenvalue weighted by atomic mass is 10.2. The molecule has 1 unspecified atom stereocenters. The fraction of sp³-hybridized carbons (Fsp3) is 0.333. The molecule has 2 aromatic carbocycles. The van der Waals surface area contributed by atoms with Crippen molar-refractivity contribution >= 4 is 11.9 Å². The second-order valence-electron chi connectivity index (χ2n) is 6.32. The monoisotopic (exact) mass is 369 g/mol. The largest absolute Gasteiger partial charge is 0.489 e. The van der Waals surface area contributed by atoms with Gasteiger partial charge in [-0.2, -0.15) is 0 Å². The first-order valence-electron chi connectivity index (χ1n) is 9.04. The summed E-state index contributed by atoms with van der Waals surface area (Å²) >= 11 is 0. The first-order chi connectivity index (χ1) is 13.0. The van der Waals surface area contributed by atoms with E-state index in [4.69, 9.17) is 4.74 Å². The minimum atomic E-state index is -0.566. The minimum absolute atomic E-state index is 0.118. The molecule has 0 heterocycles. The molecule has 1 atom stereocenters. The number of hydrogen-bond acceptors (Lipinski definition) is 3. The molecule has 2 aromatic rings. The van der Waals surface area contributed by atoms with Crippen LogP contribution in [0.15, 0.2) is 54.6 Å². The zero-order valence-electron chi connectivity index (χ0n) is 16.1. The zero-order valence-corrected chi connectivity index (χ0v) is 16.1. The molecule has 0 spiro atoms. The second-order valence-corrected chi connectivity index (χ2v) is 6.32. The van der Waals surface area contributed by atoms with Crippen molar-refractivity contribution in [1.29, 1.82) is 0 Å². The summed E-state index contributed by atoms with van der Waals surface area (Å²) in [7, 11) is 1.71. The van der Waals surface area contributed by atoms with Gasteiger partial charge in [-0.3, -0.25) is 4.79 Å². The third kappa shape index (κ3) is 6.66. The average Bonchev–Trinajstić information content (AvgIpc) is 2.71. The van der Waals surface area contributed by atoms with E-state index in [1.807, 2.05) is 61.5 Å². The molecule has 144 valence electrons. The van der Waals surface area contributed by atoms with E-state index in [1.165, 1.54) is 0 Å². The molecule has 0 bridgehead atoms. The Morgan fingerprint density at radius 3 is 2.33 bits per heavy atom. The van der Waals surface area contributed by atoms with Crippen molar-refractivity contribution in [2.45, 2.75) is 33.0 Å². The Hall–Kier alpha value is -3.02. The lowest BCUT2D eigenvalue weighted by molar-refractivity contribution is -0.131. The molecule has 27 heavy (non-hydrogen) atoms. The number of benzene rings is 2. The third-order valence-corrected chi connectivity index (χ3v) is 4.19. The number of carbonyl (C=O) groups is 2. The molecule has 0 radical (unpaired) electrons. The van der Waals surface area contributed by atoms with E-state index in [0.717, 1.165) is 16.9 Å². The van der Waals surface area contributed by atoms with Gasteiger partial charge in [0.1, 0.15) is 18.4 Å². The topological polar surface area (TPSA) is 70.7 Å². The molecule has 0 saturated heterocycles. The summed E-state index contributed by atoms with van der Waals surface area (Å²) in [6, 6.07) is 16.6. The summed E-state index contributed by atoms with van der Waals surface area (Å²) in [6.45, 7) is 5.05. The van der Waals surface area contributed by atoms with Crippen molar-refractivity contribution in [2.24, 2.45) is 0 Å². The standard InChI is InChI=1S/C21H27N3O3/c1-4-24(3)20(25)16(2)23-21(26)22-14-17-10-12-19(13-11-17)27-15-18-8-6-5-7-9-18/h5-13,16H,4,14-15H2,1-3H3,(H2,22,23,26). The van der Waals surface area contributed by atoms with Crippen molar-refractivity contribution in [3.8, 4) is 5.75 Å². The Balaban J connectivity index is 1.76. The predicted molar refractivity (Wildman–Crippen MR) is 105 cm³/mol. The maximum atomic E-state index is 12.0. The van der Waals surface area contributed by atoms with E-state index in [1.54, 1.807) is 18.9 Å². The Morgan fingerprint density at radius 1 is 1.04 bits per heavy atom. The molecule has 0 saturated carbocycles. The SMILES string of the molecule is CCN(C)C(=O)C(C)NC(=O)NCc1ccc(OCc2ccccc2)cc1. The van der Waals surface area contributed by atoms with Gasteiger partial charge in [-0.05, 0) is 37.1 Å². The van der Waals surface area contributed by atoms with Gasteiger partial charge in [-0.15, -0.1) is 0 Å². The van der Waals surface area contributed by atoms with Gasteiger partial charge in [-0.1, -0.05) is 42.5 Å². The van der Waals surface area contributed by atoms with Crippen LogP contribution in [0.2, 0.25) is 0 Å². The Kier molecular flexibility index (Phi) is 7.67. The summed E-state index contributed by atoms with van der Waals surface area (Å²) < 4.78 is 5.74. The van der Waals surface area contributed by atoms with Crippen molar-refractivity contribution in [1.82, 2.24) is 15.5 Å². The molecule has 0 aromatic heterocycles. The van der Waals surface area contributed by atoms with Crippen LogP contribution in [-0.4, -0.2) is 36.5 Å². The molecule has 0 aliphatic carbocycles. The van der Waals surface area contributed by atoms with Gasteiger partial charge in [0.15, 0.2) is 0 Å². The summed E-state index contributed by atoms with van der Waals surface area (Å²) in [5, 5.41) is 5.41. The smallest absolute Gasteiger partial charge is 0.315 e. The van der Waals surface area contributed by atoms with Crippen LogP contribution in [0.1, 0.15) is 25.0 Å². The van der Waals surface area contributed by atoms with Gasteiger partial charge >= 0.3 is 6.03 Å². The summed E-state index contributed by atoms with van der Waals surface area (Å²) in [5.41, 5.74) is 2.05. The van der Waals surface area contributed by atoms with Crippen molar-refractivity contribution in [3.63, 3.8) is 0 Å². The minimum Gasteiger partial charge on any atom is -0.489 e. The van der Waals surface area contributed by atoms with E-state index < -0.39 is 6.04 Å². The third-order valence-electron chi connectivity index (χ3n) is 4.19. The van der Waals surface area contributed by atoms with Crippen molar-refractivity contribution < 1.29 is 14.3 Å². The quantitative estimate of drug-likeness (QED) is 0.752. The molecule has 2 rings (SSSR count). The van der Waals surface area contributed by atoms with Gasteiger partial charge in [-0.25, -0.2) is 4.79 Å². The van der Waals surface area contributed by atoms with Gasteiger partial charge < -0.3 is 20.3 Å². The number of rotatable bonds is 8. The first kappa shape index (κ1) is 20.3. The highest BCUT2D eigenvalue weighted by molar-refractivity contribution is 5.86. The van der Waals surface area contributed by atoms with Crippen molar-refractivity contribution in [3.05, 3.63) is 65.7 Å². The van der Waals surface area contributed by atoms with Crippen LogP contribution in [0, 0.1) is 0 Å². The van der Waals surface area contributed by atoms with E-state index in [2.05, 4.69) is 10.6 Å². The highest BCUT2D eigenvalue weighted by Gasteiger charge is 2.18. The fourth-order valence-electron chi connectivity index (χ4n) is 2.42. The van der Waals surface area contributed by atoms with E-state index in [0.29, 0.717) is 19.7 Å². The maximum Gasteiger partial charge on any atom is 0.315 e.